The third kappa shape index (κ3) is 2.52. The maximum absolute atomic E-state index is 11.8. The number of fused-ring (bicyclic) bond motifs is 1. The van der Waals surface area contributed by atoms with Crippen molar-refractivity contribution in [1.82, 2.24) is 0 Å². The second kappa shape index (κ2) is 4.83. The molecule has 2 heterocycles. The fraction of sp³-hybridized carbons (Fsp3) is 0.353. The SMILES string of the molecule is O=C(O)c1c(CC2CO2)c(CC2CO2)cc2ccccc12. The minimum atomic E-state index is -0.861. The third-order valence-electron chi connectivity index (χ3n) is 4.15. The number of aromatic carboxylic acids is 1. The zero-order valence-corrected chi connectivity index (χ0v) is 11.5. The van der Waals surface area contributed by atoms with Crippen molar-refractivity contribution >= 4 is 16.7 Å². The Labute approximate surface area is 122 Å². The Morgan fingerprint density at radius 1 is 1.14 bits per heavy atom. The van der Waals surface area contributed by atoms with Crippen LogP contribution in [0.15, 0.2) is 30.3 Å². The van der Waals surface area contributed by atoms with Gasteiger partial charge >= 0.3 is 5.97 Å². The van der Waals surface area contributed by atoms with Crippen LogP contribution in [-0.4, -0.2) is 36.5 Å². The maximum atomic E-state index is 11.8. The van der Waals surface area contributed by atoms with Gasteiger partial charge in [-0.05, 0) is 21.9 Å². The standard InChI is InChI=1S/C17H16O4/c18-17(19)16-14-4-2-1-3-10(14)5-11(6-12-8-20-12)15(16)7-13-9-21-13/h1-5,12-13H,6-9H2,(H,18,19). The van der Waals surface area contributed by atoms with Crippen molar-refractivity contribution in [3.63, 3.8) is 0 Å². The van der Waals surface area contributed by atoms with E-state index in [0.717, 1.165) is 41.5 Å². The number of hydrogen-bond acceptors (Lipinski definition) is 3. The molecule has 4 rings (SSSR count). The van der Waals surface area contributed by atoms with Crippen LogP contribution in [0.25, 0.3) is 10.8 Å². The van der Waals surface area contributed by atoms with Crippen LogP contribution in [-0.2, 0) is 22.3 Å². The van der Waals surface area contributed by atoms with Crippen LogP contribution in [0.3, 0.4) is 0 Å². The fourth-order valence-electron chi connectivity index (χ4n) is 2.95. The highest BCUT2D eigenvalue weighted by atomic mass is 16.6. The topological polar surface area (TPSA) is 62.4 Å². The molecule has 2 saturated heterocycles. The lowest BCUT2D eigenvalue weighted by Gasteiger charge is -2.14. The Balaban J connectivity index is 1.92. The Morgan fingerprint density at radius 3 is 2.48 bits per heavy atom. The number of rotatable bonds is 5. The molecule has 0 spiro atoms. The predicted octanol–water partition coefficient (Wildman–Crippen LogP) is 2.42. The van der Waals surface area contributed by atoms with Crippen molar-refractivity contribution in [3.05, 3.63) is 47.0 Å². The van der Waals surface area contributed by atoms with E-state index in [1.165, 1.54) is 0 Å². The molecule has 0 saturated carbocycles. The molecular weight excluding hydrogens is 268 g/mol. The largest absolute Gasteiger partial charge is 0.478 e. The zero-order valence-electron chi connectivity index (χ0n) is 11.5. The molecule has 1 N–H and O–H groups in total. The van der Waals surface area contributed by atoms with Gasteiger partial charge in [-0.2, -0.15) is 0 Å². The van der Waals surface area contributed by atoms with Gasteiger partial charge < -0.3 is 14.6 Å². The molecule has 2 aromatic rings. The number of ether oxygens (including phenoxy) is 2. The van der Waals surface area contributed by atoms with Crippen LogP contribution >= 0.6 is 0 Å². The molecule has 2 aromatic carbocycles. The summed E-state index contributed by atoms with van der Waals surface area (Å²) >= 11 is 0. The quantitative estimate of drug-likeness (QED) is 0.856. The van der Waals surface area contributed by atoms with Gasteiger partial charge in [0.15, 0.2) is 0 Å². The van der Waals surface area contributed by atoms with Crippen LogP contribution < -0.4 is 0 Å². The highest BCUT2D eigenvalue weighted by molar-refractivity contribution is 6.05. The summed E-state index contributed by atoms with van der Waals surface area (Å²) in [7, 11) is 0. The molecule has 0 aliphatic carbocycles. The molecule has 0 aromatic heterocycles. The molecule has 2 aliphatic heterocycles. The van der Waals surface area contributed by atoms with E-state index in [4.69, 9.17) is 9.47 Å². The molecule has 2 atom stereocenters. The molecule has 2 unspecified atom stereocenters. The first-order chi connectivity index (χ1) is 10.2. The van der Waals surface area contributed by atoms with Gasteiger partial charge in [-0.1, -0.05) is 30.3 Å². The van der Waals surface area contributed by atoms with E-state index in [0.29, 0.717) is 12.0 Å². The summed E-state index contributed by atoms with van der Waals surface area (Å²) in [6.45, 7) is 1.50. The van der Waals surface area contributed by atoms with E-state index in [1.54, 1.807) is 0 Å². The van der Waals surface area contributed by atoms with Crippen molar-refractivity contribution in [1.29, 1.82) is 0 Å². The van der Waals surface area contributed by atoms with Gasteiger partial charge in [0.25, 0.3) is 0 Å². The summed E-state index contributed by atoms with van der Waals surface area (Å²) in [4.78, 5) is 11.8. The average Bonchev–Trinajstić information content (AvgIpc) is 3.34. The lowest BCUT2D eigenvalue weighted by atomic mass is 9.89. The molecule has 108 valence electrons. The number of carbonyl (C=O) groups is 1. The normalized spacial score (nSPS) is 23.2. The summed E-state index contributed by atoms with van der Waals surface area (Å²) < 4.78 is 10.6. The first-order valence-electron chi connectivity index (χ1n) is 7.22. The van der Waals surface area contributed by atoms with Gasteiger partial charge in [0.05, 0.1) is 31.0 Å². The van der Waals surface area contributed by atoms with E-state index in [-0.39, 0.29) is 12.2 Å². The van der Waals surface area contributed by atoms with Gasteiger partial charge in [0, 0.05) is 12.8 Å². The number of epoxide rings is 2. The number of carboxylic acid groups (broad SMARTS) is 1. The van der Waals surface area contributed by atoms with Gasteiger partial charge in [-0.3, -0.25) is 0 Å². The maximum Gasteiger partial charge on any atom is 0.336 e. The van der Waals surface area contributed by atoms with Crippen LogP contribution in [0.1, 0.15) is 21.5 Å². The van der Waals surface area contributed by atoms with Gasteiger partial charge in [-0.25, -0.2) is 4.79 Å². The first kappa shape index (κ1) is 12.8. The van der Waals surface area contributed by atoms with Gasteiger partial charge in [0.1, 0.15) is 0 Å². The zero-order chi connectivity index (χ0) is 14.4. The van der Waals surface area contributed by atoms with Gasteiger partial charge in [0.2, 0.25) is 0 Å². The molecule has 0 bridgehead atoms. The van der Waals surface area contributed by atoms with Crippen LogP contribution in [0.2, 0.25) is 0 Å². The Bertz CT molecular complexity index is 714. The molecule has 4 nitrogen and oxygen atoms in total. The third-order valence-corrected chi connectivity index (χ3v) is 4.15. The highest BCUT2D eigenvalue weighted by Crippen LogP contribution is 2.32. The summed E-state index contributed by atoms with van der Waals surface area (Å²) in [6, 6.07) is 9.79. The monoisotopic (exact) mass is 284 g/mol. The Hall–Kier alpha value is -1.91. The van der Waals surface area contributed by atoms with Crippen molar-refractivity contribution in [2.24, 2.45) is 0 Å². The van der Waals surface area contributed by atoms with E-state index < -0.39 is 5.97 Å². The summed E-state index contributed by atoms with van der Waals surface area (Å²) in [5.41, 5.74) is 2.43. The Kier molecular flexibility index (Phi) is 2.94. The highest BCUT2D eigenvalue weighted by Gasteiger charge is 2.30. The summed E-state index contributed by atoms with van der Waals surface area (Å²) in [6.07, 6.45) is 1.87. The predicted molar refractivity (Wildman–Crippen MR) is 77.8 cm³/mol. The fourth-order valence-corrected chi connectivity index (χ4v) is 2.95. The molecule has 2 fully saturated rings. The van der Waals surface area contributed by atoms with Crippen LogP contribution in [0, 0.1) is 0 Å². The molecule has 21 heavy (non-hydrogen) atoms. The molecule has 0 amide bonds. The Morgan fingerprint density at radius 2 is 1.81 bits per heavy atom. The van der Waals surface area contributed by atoms with E-state index >= 15 is 0 Å². The smallest absolute Gasteiger partial charge is 0.336 e. The van der Waals surface area contributed by atoms with Crippen molar-refractivity contribution in [3.8, 4) is 0 Å². The molecule has 4 heteroatoms. The summed E-state index contributed by atoms with van der Waals surface area (Å²) in [5.74, 6) is -0.861. The van der Waals surface area contributed by atoms with Crippen molar-refractivity contribution < 1.29 is 19.4 Å². The average molecular weight is 284 g/mol. The van der Waals surface area contributed by atoms with E-state index in [9.17, 15) is 9.90 Å². The van der Waals surface area contributed by atoms with Crippen LogP contribution in [0.4, 0.5) is 0 Å². The second-order valence-corrected chi connectivity index (χ2v) is 5.73. The van der Waals surface area contributed by atoms with E-state index in [2.05, 4.69) is 6.07 Å². The number of hydrogen-bond donors (Lipinski definition) is 1. The minimum absolute atomic E-state index is 0.170. The first-order valence-corrected chi connectivity index (χ1v) is 7.22. The van der Waals surface area contributed by atoms with Crippen LogP contribution in [0.5, 0.6) is 0 Å². The molecular formula is C17H16O4. The molecule has 0 radical (unpaired) electrons. The molecule has 2 aliphatic rings. The van der Waals surface area contributed by atoms with Gasteiger partial charge in [-0.15, -0.1) is 0 Å². The van der Waals surface area contributed by atoms with Crippen molar-refractivity contribution in [2.45, 2.75) is 25.0 Å². The lowest BCUT2D eigenvalue weighted by molar-refractivity contribution is 0.0697. The number of benzene rings is 2. The summed E-state index contributed by atoms with van der Waals surface area (Å²) in [5, 5.41) is 11.5. The minimum Gasteiger partial charge on any atom is -0.478 e. The number of carboxylic acids is 1. The van der Waals surface area contributed by atoms with E-state index in [1.807, 2.05) is 24.3 Å². The second-order valence-electron chi connectivity index (χ2n) is 5.73. The lowest BCUT2D eigenvalue weighted by Crippen LogP contribution is -2.11. The van der Waals surface area contributed by atoms with Crippen molar-refractivity contribution in [2.75, 3.05) is 13.2 Å².